The van der Waals surface area contributed by atoms with Crippen LogP contribution in [-0.4, -0.2) is 24.3 Å². The van der Waals surface area contributed by atoms with Gasteiger partial charge in [0, 0.05) is 24.4 Å². The van der Waals surface area contributed by atoms with Crippen LogP contribution >= 0.6 is 11.6 Å². The molecule has 4 rings (SSSR count). The first kappa shape index (κ1) is 19.8. The van der Waals surface area contributed by atoms with Crippen molar-refractivity contribution in [2.24, 2.45) is 0 Å². The van der Waals surface area contributed by atoms with E-state index >= 15 is 0 Å². The number of fused-ring (bicyclic) bond motifs is 1. The van der Waals surface area contributed by atoms with Crippen LogP contribution < -0.4 is 24.3 Å². The number of hydrogen-bond acceptors (Lipinski definition) is 6. The van der Waals surface area contributed by atoms with Gasteiger partial charge >= 0.3 is 0 Å². The van der Waals surface area contributed by atoms with E-state index in [1.54, 1.807) is 30.5 Å². The number of nitrogens with zero attached hydrogens (tertiary/aromatic N) is 1. The summed E-state index contributed by atoms with van der Waals surface area (Å²) in [4.78, 5) is 16.7. The average Bonchev–Trinajstić information content (AvgIpc) is 3.23. The molecule has 1 N–H and O–H groups in total. The van der Waals surface area contributed by atoms with Crippen molar-refractivity contribution in [3.8, 4) is 28.9 Å². The van der Waals surface area contributed by atoms with Crippen LogP contribution in [0.25, 0.3) is 0 Å². The van der Waals surface area contributed by atoms with Crippen LogP contribution in [0, 0.1) is 0 Å². The number of hydrogen-bond donors (Lipinski definition) is 1. The number of pyridine rings is 1. The van der Waals surface area contributed by atoms with Crippen molar-refractivity contribution in [1.82, 2.24) is 10.3 Å². The van der Waals surface area contributed by atoms with Crippen LogP contribution in [-0.2, 0) is 6.54 Å². The Labute approximate surface area is 178 Å². The van der Waals surface area contributed by atoms with Gasteiger partial charge in [-0.1, -0.05) is 11.6 Å². The molecule has 0 saturated heterocycles. The molecule has 0 spiro atoms. The number of carbonyl (C=O) groups excluding carboxylic acids is 1. The fourth-order valence-corrected chi connectivity index (χ4v) is 3.16. The lowest BCUT2D eigenvalue weighted by atomic mass is 10.2. The average molecular weight is 427 g/mol. The standard InChI is InChI=1S/C22H19ClN2O5/c1-2-27-16-3-5-17(6-4-16)30-20-9-14(7-8-24-20)12-25-22(26)15-10-18(23)21-19(11-15)28-13-29-21/h3-11H,2,12-13H2,1H3,(H,25,26). The Hall–Kier alpha value is -3.45. The molecule has 7 nitrogen and oxygen atoms in total. The molecule has 0 bridgehead atoms. The zero-order chi connectivity index (χ0) is 20.9. The summed E-state index contributed by atoms with van der Waals surface area (Å²) in [6.07, 6.45) is 1.63. The number of rotatable bonds is 7. The molecule has 1 aliphatic rings. The Kier molecular flexibility index (Phi) is 5.90. The van der Waals surface area contributed by atoms with E-state index in [0.717, 1.165) is 11.3 Å². The summed E-state index contributed by atoms with van der Waals surface area (Å²) in [5.74, 6) is 2.49. The lowest BCUT2D eigenvalue weighted by molar-refractivity contribution is 0.0950. The Morgan fingerprint density at radius 3 is 2.73 bits per heavy atom. The molecule has 2 aromatic carbocycles. The molecule has 2 heterocycles. The predicted molar refractivity (Wildman–Crippen MR) is 111 cm³/mol. The maximum atomic E-state index is 12.5. The van der Waals surface area contributed by atoms with Gasteiger partial charge in [-0.15, -0.1) is 0 Å². The first-order chi connectivity index (χ1) is 14.6. The van der Waals surface area contributed by atoms with E-state index in [1.165, 1.54) is 0 Å². The molecule has 0 radical (unpaired) electrons. The molecule has 30 heavy (non-hydrogen) atoms. The van der Waals surface area contributed by atoms with Gasteiger partial charge in [-0.3, -0.25) is 4.79 Å². The van der Waals surface area contributed by atoms with Gasteiger partial charge in [-0.25, -0.2) is 4.98 Å². The maximum absolute atomic E-state index is 12.5. The smallest absolute Gasteiger partial charge is 0.251 e. The van der Waals surface area contributed by atoms with Gasteiger partial charge in [0.1, 0.15) is 11.5 Å². The van der Waals surface area contributed by atoms with Gasteiger partial charge in [0.25, 0.3) is 5.91 Å². The summed E-state index contributed by atoms with van der Waals surface area (Å²) >= 11 is 6.14. The van der Waals surface area contributed by atoms with Crippen molar-refractivity contribution in [3.63, 3.8) is 0 Å². The molecule has 0 aliphatic carbocycles. The fourth-order valence-electron chi connectivity index (χ4n) is 2.89. The predicted octanol–water partition coefficient (Wildman–Crippen LogP) is 4.58. The van der Waals surface area contributed by atoms with Crippen LogP contribution in [0.2, 0.25) is 5.02 Å². The topological polar surface area (TPSA) is 78.9 Å². The van der Waals surface area contributed by atoms with E-state index in [-0.39, 0.29) is 12.7 Å². The second kappa shape index (κ2) is 8.92. The number of halogens is 1. The van der Waals surface area contributed by atoms with Gasteiger partial charge in [-0.2, -0.15) is 0 Å². The minimum atomic E-state index is -0.277. The van der Waals surface area contributed by atoms with Crippen molar-refractivity contribution in [2.75, 3.05) is 13.4 Å². The molecule has 1 amide bonds. The summed E-state index contributed by atoms with van der Waals surface area (Å²) in [5, 5.41) is 3.19. The Morgan fingerprint density at radius 1 is 1.13 bits per heavy atom. The molecular formula is C22H19ClN2O5. The van der Waals surface area contributed by atoms with Crippen molar-refractivity contribution < 1.29 is 23.7 Å². The molecular weight excluding hydrogens is 408 g/mol. The molecule has 3 aromatic rings. The number of amides is 1. The van der Waals surface area contributed by atoms with Crippen molar-refractivity contribution in [3.05, 3.63) is 70.9 Å². The van der Waals surface area contributed by atoms with Gasteiger partial charge in [0.2, 0.25) is 12.7 Å². The SMILES string of the molecule is CCOc1ccc(Oc2cc(CNC(=O)c3cc(Cl)c4c(c3)OCO4)ccn2)cc1. The van der Waals surface area contributed by atoms with E-state index in [4.69, 9.17) is 30.5 Å². The van der Waals surface area contributed by atoms with E-state index in [9.17, 15) is 4.79 Å². The van der Waals surface area contributed by atoms with Gasteiger partial charge in [0.15, 0.2) is 11.5 Å². The minimum Gasteiger partial charge on any atom is -0.494 e. The summed E-state index contributed by atoms with van der Waals surface area (Å²) in [5.41, 5.74) is 1.23. The van der Waals surface area contributed by atoms with E-state index < -0.39 is 0 Å². The largest absolute Gasteiger partial charge is 0.494 e. The summed E-state index contributed by atoms with van der Waals surface area (Å²) in [6, 6.07) is 14.0. The van der Waals surface area contributed by atoms with Crippen LogP contribution in [0.5, 0.6) is 28.9 Å². The lowest BCUT2D eigenvalue weighted by Crippen LogP contribution is -2.22. The zero-order valence-electron chi connectivity index (χ0n) is 16.2. The minimum absolute atomic E-state index is 0.0915. The number of nitrogens with one attached hydrogen (secondary N) is 1. The molecule has 1 aliphatic heterocycles. The van der Waals surface area contributed by atoms with Gasteiger partial charge in [-0.05, 0) is 55.0 Å². The van der Waals surface area contributed by atoms with E-state index in [2.05, 4.69) is 10.3 Å². The second-order valence-electron chi connectivity index (χ2n) is 6.38. The number of carbonyl (C=O) groups is 1. The number of ether oxygens (including phenoxy) is 4. The highest BCUT2D eigenvalue weighted by Crippen LogP contribution is 2.39. The number of aromatic nitrogens is 1. The number of benzene rings is 2. The van der Waals surface area contributed by atoms with Gasteiger partial charge < -0.3 is 24.3 Å². The summed E-state index contributed by atoms with van der Waals surface area (Å²) < 4.78 is 21.8. The molecule has 0 atom stereocenters. The van der Waals surface area contributed by atoms with Crippen LogP contribution in [0.15, 0.2) is 54.7 Å². The molecule has 0 unspecified atom stereocenters. The van der Waals surface area contributed by atoms with Crippen LogP contribution in [0.3, 0.4) is 0 Å². The zero-order valence-corrected chi connectivity index (χ0v) is 16.9. The summed E-state index contributed by atoms with van der Waals surface area (Å²) in [6.45, 7) is 2.93. The first-order valence-corrected chi connectivity index (χ1v) is 9.73. The lowest BCUT2D eigenvalue weighted by Gasteiger charge is -2.09. The second-order valence-corrected chi connectivity index (χ2v) is 6.79. The molecule has 8 heteroatoms. The third kappa shape index (κ3) is 4.58. The maximum Gasteiger partial charge on any atom is 0.251 e. The Morgan fingerprint density at radius 2 is 1.93 bits per heavy atom. The van der Waals surface area contributed by atoms with Crippen molar-refractivity contribution >= 4 is 17.5 Å². The third-order valence-corrected chi connectivity index (χ3v) is 4.58. The molecule has 1 aromatic heterocycles. The van der Waals surface area contributed by atoms with Crippen LogP contribution in [0.4, 0.5) is 0 Å². The Bertz CT molecular complexity index is 1060. The molecule has 0 fully saturated rings. The highest BCUT2D eigenvalue weighted by Gasteiger charge is 2.20. The quantitative estimate of drug-likeness (QED) is 0.595. The van der Waals surface area contributed by atoms with Crippen molar-refractivity contribution in [1.29, 1.82) is 0 Å². The molecule has 0 saturated carbocycles. The summed E-state index contributed by atoms with van der Waals surface area (Å²) in [7, 11) is 0. The Balaban J connectivity index is 1.38. The van der Waals surface area contributed by atoms with Crippen molar-refractivity contribution in [2.45, 2.75) is 13.5 Å². The monoisotopic (exact) mass is 426 g/mol. The molecule has 154 valence electrons. The highest BCUT2D eigenvalue weighted by molar-refractivity contribution is 6.32. The highest BCUT2D eigenvalue weighted by atomic mass is 35.5. The normalized spacial score (nSPS) is 11.8. The van der Waals surface area contributed by atoms with E-state index in [0.29, 0.717) is 46.9 Å². The van der Waals surface area contributed by atoms with Gasteiger partial charge in [0.05, 0.1) is 11.6 Å². The van der Waals surface area contributed by atoms with Crippen LogP contribution in [0.1, 0.15) is 22.8 Å². The van der Waals surface area contributed by atoms with E-state index in [1.807, 2.05) is 31.2 Å². The third-order valence-electron chi connectivity index (χ3n) is 4.30. The fraction of sp³-hybridized carbons (Fsp3) is 0.182. The first-order valence-electron chi connectivity index (χ1n) is 9.35.